The molecule has 0 saturated carbocycles. The van der Waals surface area contributed by atoms with Gasteiger partial charge in [-0.1, -0.05) is 48.9 Å². The largest absolute Gasteiger partial charge is 0.480 e. The molecule has 2 unspecified atom stereocenters. The summed E-state index contributed by atoms with van der Waals surface area (Å²) < 4.78 is 41.9. The molecule has 2 atom stereocenters. The van der Waals surface area contributed by atoms with Gasteiger partial charge in [-0.25, -0.2) is 4.79 Å². The van der Waals surface area contributed by atoms with E-state index >= 15 is 0 Å². The zero-order valence-electron chi connectivity index (χ0n) is 20.9. The van der Waals surface area contributed by atoms with Gasteiger partial charge in [0.15, 0.2) is 0 Å². The van der Waals surface area contributed by atoms with E-state index in [1.54, 1.807) is 18.2 Å². The zero-order chi connectivity index (χ0) is 27.5. The summed E-state index contributed by atoms with van der Waals surface area (Å²) in [5, 5.41) is 13.3. The molecule has 0 aromatic heterocycles. The van der Waals surface area contributed by atoms with Crippen LogP contribution in [0.5, 0.6) is 0 Å². The molecule has 0 radical (unpaired) electrons. The highest BCUT2D eigenvalue weighted by molar-refractivity contribution is 6.31. The number of carboxylic acids is 1. The molecule has 9 heteroatoms. The minimum atomic E-state index is -4.82. The van der Waals surface area contributed by atoms with Crippen molar-refractivity contribution in [1.29, 1.82) is 0 Å². The van der Waals surface area contributed by atoms with Crippen LogP contribution in [0, 0.1) is 6.92 Å². The lowest BCUT2D eigenvalue weighted by Crippen LogP contribution is -2.40. The van der Waals surface area contributed by atoms with Crippen molar-refractivity contribution in [2.75, 3.05) is 12.4 Å². The van der Waals surface area contributed by atoms with Crippen LogP contribution in [0.1, 0.15) is 53.4 Å². The highest BCUT2D eigenvalue weighted by Gasteiger charge is 2.37. The van der Waals surface area contributed by atoms with E-state index in [2.05, 4.69) is 5.32 Å². The zero-order valence-corrected chi connectivity index (χ0v) is 21.6. The Bertz CT molecular complexity index is 1310. The van der Waals surface area contributed by atoms with Crippen LogP contribution < -0.4 is 5.32 Å². The molecule has 3 rings (SSSR count). The van der Waals surface area contributed by atoms with Crippen LogP contribution in [0.25, 0.3) is 11.1 Å². The third kappa shape index (κ3) is 6.43. The Morgan fingerprint density at radius 2 is 1.73 bits per heavy atom. The van der Waals surface area contributed by atoms with E-state index < -0.39 is 35.2 Å². The van der Waals surface area contributed by atoms with Gasteiger partial charge in [-0.05, 0) is 72.9 Å². The molecule has 2 N–H and O–H groups in total. The monoisotopic (exact) mass is 532 g/mol. The molecule has 3 aromatic carbocycles. The molecule has 5 nitrogen and oxygen atoms in total. The van der Waals surface area contributed by atoms with Crippen LogP contribution in [-0.2, 0) is 11.0 Å². The molecular formula is C28H28ClF3N2O3. The Balaban J connectivity index is 1.96. The predicted octanol–water partition coefficient (Wildman–Crippen LogP) is 7.44. The molecule has 0 aliphatic heterocycles. The molecule has 0 aliphatic rings. The van der Waals surface area contributed by atoms with Gasteiger partial charge in [0.05, 0.1) is 17.2 Å². The maximum Gasteiger partial charge on any atom is 0.417 e. The molecule has 0 bridgehead atoms. The maximum absolute atomic E-state index is 14.0. The summed E-state index contributed by atoms with van der Waals surface area (Å²) in [7, 11) is 1.16. The van der Waals surface area contributed by atoms with Gasteiger partial charge in [-0.3, -0.25) is 4.79 Å². The standard InChI is InChI=1S/C28H28ClF3N2O3/c1-5-25(20-10-12-24(29)16(2)13-20)33-21-8-6-7-18(14-21)19-9-11-22(23(15-19)28(30,31)32)26(35)34(4)17(3)27(36)37/h6-15,17,25,33H,5H2,1-4H3,(H,36,37). The molecule has 0 aliphatic carbocycles. The highest BCUT2D eigenvalue weighted by Crippen LogP contribution is 2.36. The van der Waals surface area contributed by atoms with E-state index in [0.717, 1.165) is 47.3 Å². The number of nitrogens with zero attached hydrogens (tertiary/aromatic N) is 1. The summed E-state index contributed by atoms with van der Waals surface area (Å²) in [4.78, 5) is 24.7. The Hall–Kier alpha value is -3.52. The SMILES string of the molecule is CCC(Nc1cccc(-c2ccc(C(=O)N(C)C(C)C(=O)O)c(C(F)(F)F)c2)c1)c1ccc(Cl)c(C)c1. The van der Waals surface area contributed by atoms with E-state index in [0.29, 0.717) is 10.6 Å². The molecular weight excluding hydrogens is 505 g/mol. The van der Waals surface area contributed by atoms with Crippen LogP contribution in [0.2, 0.25) is 5.02 Å². The number of hydrogen-bond acceptors (Lipinski definition) is 3. The number of amides is 1. The summed E-state index contributed by atoms with van der Waals surface area (Å²) in [6.45, 7) is 5.18. The first-order valence-electron chi connectivity index (χ1n) is 11.7. The second-order valence-electron chi connectivity index (χ2n) is 8.88. The van der Waals surface area contributed by atoms with E-state index in [1.807, 2.05) is 38.1 Å². The fourth-order valence-corrected chi connectivity index (χ4v) is 4.09. The van der Waals surface area contributed by atoms with Crippen molar-refractivity contribution < 1.29 is 27.9 Å². The Kier molecular flexibility index (Phi) is 8.53. The molecule has 3 aromatic rings. The summed E-state index contributed by atoms with van der Waals surface area (Å²) >= 11 is 6.15. The third-order valence-electron chi connectivity index (χ3n) is 6.34. The van der Waals surface area contributed by atoms with Gasteiger partial charge in [0.1, 0.15) is 6.04 Å². The highest BCUT2D eigenvalue weighted by atomic mass is 35.5. The number of carbonyl (C=O) groups excluding carboxylic acids is 1. The topological polar surface area (TPSA) is 69.6 Å². The van der Waals surface area contributed by atoms with Crippen molar-refractivity contribution in [3.63, 3.8) is 0 Å². The van der Waals surface area contributed by atoms with Crippen molar-refractivity contribution in [3.05, 3.63) is 87.9 Å². The molecule has 0 fully saturated rings. The van der Waals surface area contributed by atoms with Gasteiger partial charge >= 0.3 is 12.1 Å². The van der Waals surface area contributed by atoms with Crippen molar-refractivity contribution in [1.82, 2.24) is 4.90 Å². The van der Waals surface area contributed by atoms with Gasteiger partial charge in [0.2, 0.25) is 0 Å². The van der Waals surface area contributed by atoms with Crippen LogP contribution in [-0.4, -0.2) is 35.0 Å². The number of benzene rings is 3. The average molecular weight is 533 g/mol. The number of aliphatic carboxylic acids is 1. The average Bonchev–Trinajstić information content (AvgIpc) is 2.86. The van der Waals surface area contributed by atoms with Gasteiger partial charge in [-0.15, -0.1) is 0 Å². The Labute approximate surface area is 218 Å². The summed E-state index contributed by atoms with van der Waals surface area (Å²) in [6.07, 6.45) is -4.05. The van der Waals surface area contributed by atoms with E-state index in [-0.39, 0.29) is 11.6 Å². The molecule has 0 spiro atoms. The lowest BCUT2D eigenvalue weighted by atomic mass is 9.97. The van der Waals surface area contributed by atoms with Gasteiger partial charge < -0.3 is 15.3 Å². The second-order valence-corrected chi connectivity index (χ2v) is 9.29. The third-order valence-corrected chi connectivity index (χ3v) is 6.77. The lowest BCUT2D eigenvalue weighted by molar-refractivity contribution is -0.141. The normalized spacial score (nSPS) is 13.1. The lowest BCUT2D eigenvalue weighted by Gasteiger charge is -2.24. The maximum atomic E-state index is 14.0. The number of carbonyl (C=O) groups is 2. The van der Waals surface area contributed by atoms with Crippen molar-refractivity contribution in [3.8, 4) is 11.1 Å². The summed E-state index contributed by atoms with van der Waals surface area (Å²) in [5.74, 6) is -2.34. The number of carboxylic acid groups (broad SMARTS) is 1. The number of aryl methyl sites for hydroxylation is 1. The number of likely N-dealkylation sites (N-methyl/N-ethyl adjacent to an activating group) is 1. The Morgan fingerprint density at radius 3 is 2.32 bits per heavy atom. The fraction of sp³-hybridized carbons (Fsp3) is 0.286. The number of alkyl halides is 3. The van der Waals surface area contributed by atoms with Gasteiger partial charge in [0, 0.05) is 17.8 Å². The fourth-order valence-electron chi connectivity index (χ4n) is 3.97. The van der Waals surface area contributed by atoms with E-state index in [1.165, 1.54) is 13.0 Å². The van der Waals surface area contributed by atoms with E-state index in [9.17, 15) is 22.8 Å². The van der Waals surface area contributed by atoms with Crippen molar-refractivity contribution in [2.45, 2.75) is 45.5 Å². The number of halogens is 4. The minimum absolute atomic E-state index is 0.0382. The van der Waals surface area contributed by atoms with Crippen molar-refractivity contribution >= 4 is 29.2 Å². The first-order chi connectivity index (χ1) is 17.3. The minimum Gasteiger partial charge on any atom is -0.480 e. The molecule has 196 valence electrons. The van der Waals surface area contributed by atoms with Gasteiger partial charge in [-0.2, -0.15) is 13.2 Å². The number of rotatable bonds is 8. The molecule has 0 saturated heterocycles. The summed E-state index contributed by atoms with van der Waals surface area (Å²) in [5.41, 5.74) is 1.79. The van der Waals surface area contributed by atoms with Crippen LogP contribution in [0.4, 0.5) is 18.9 Å². The molecule has 1 amide bonds. The smallest absolute Gasteiger partial charge is 0.417 e. The van der Waals surface area contributed by atoms with Gasteiger partial charge in [0.25, 0.3) is 5.91 Å². The molecule has 37 heavy (non-hydrogen) atoms. The van der Waals surface area contributed by atoms with E-state index in [4.69, 9.17) is 16.7 Å². The number of nitrogens with one attached hydrogen (secondary N) is 1. The van der Waals surface area contributed by atoms with Crippen LogP contribution in [0.3, 0.4) is 0 Å². The van der Waals surface area contributed by atoms with Crippen molar-refractivity contribution in [2.24, 2.45) is 0 Å². The quantitative estimate of drug-likeness (QED) is 0.316. The first kappa shape index (κ1) is 28.1. The Morgan fingerprint density at radius 1 is 1.05 bits per heavy atom. The molecule has 0 heterocycles. The van der Waals surface area contributed by atoms with Crippen LogP contribution in [0.15, 0.2) is 60.7 Å². The van der Waals surface area contributed by atoms with Crippen LogP contribution >= 0.6 is 11.6 Å². The first-order valence-corrected chi connectivity index (χ1v) is 12.1. The predicted molar refractivity (Wildman–Crippen MR) is 139 cm³/mol. The number of anilines is 1. The summed E-state index contributed by atoms with van der Waals surface area (Å²) in [6, 6.07) is 14.9. The number of hydrogen-bond donors (Lipinski definition) is 2. The second kappa shape index (κ2) is 11.3.